The highest BCUT2D eigenvalue weighted by atomic mass is 17.1. The van der Waals surface area contributed by atoms with Gasteiger partial charge in [0.25, 0.3) is 5.91 Å². The van der Waals surface area contributed by atoms with Crippen LogP contribution < -0.4 is 10.8 Å². The first-order valence-corrected chi connectivity index (χ1v) is 8.68. The van der Waals surface area contributed by atoms with Gasteiger partial charge < -0.3 is 20.6 Å². The van der Waals surface area contributed by atoms with Gasteiger partial charge in [-0.3, -0.25) is 14.9 Å². The Hall–Kier alpha value is -3.18. The second-order valence-corrected chi connectivity index (χ2v) is 6.05. The molecule has 0 saturated carbocycles. The zero-order chi connectivity index (χ0) is 21.2. The largest absolute Gasteiger partial charge is 0.508 e. The fourth-order valence-electron chi connectivity index (χ4n) is 2.52. The van der Waals surface area contributed by atoms with Crippen molar-refractivity contribution < 1.29 is 39.9 Å². The van der Waals surface area contributed by atoms with Crippen molar-refractivity contribution in [2.75, 3.05) is 13.1 Å². The summed E-state index contributed by atoms with van der Waals surface area (Å²) < 4.78 is 0. The lowest BCUT2D eigenvalue weighted by Gasteiger charge is -2.11. The first-order valence-electron chi connectivity index (χ1n) is 8.68. The Morgan fingerprint density at radius 1 is 0.897 bits per heavy atom. The minimum atomic E-state index is -1.26. The van der Waals surface area contributed by atoms with E-state index in [-0.39, 0.29) is 42.4 Å². The van der Waals surface area contributed by atoms with E-state index in [4.69, 9.17) is 15.2 Å². The van der Waals surface area contributed by atoms with E-state index in [2.05, 4.69) is 15.7 Å². The second-order valence-electron chi connectivity index (χ2n) is 6.05. The maximum absolute atomic E-state index is 12.1. The average molecular weight is 406 g/mol. The van der Waals surface area contributed by atoms with Gasteiger partial charge in [0.1, 0.15) is 18.1 Å². The number of carbonyl (C=O) groups excluding carboxylic acids is 1. The average Bonchev–Trinajstić information content (AvgIpc) is 2.68. The molecule has 10 heteroatoms. The molecule has 10 nitrogen and oxygen atoms in total. The summed E-state index contributed by atoms with van der Waals surface area (Å²) in [4.78, 5) is 32.7. The topological polar surface area (TPSA) is 158 Å². The first-order chi connectivity index (χ1) is 13.9. The summed E-state index contributed by atoms with van der Waals surface area (Å²) in [5.74, 6) is -2.01. The molecule has 1 amide bonds. The van der Waals surface area contributed by atoms with Crippen LogP contribution in [0.25, 0.3) is 0 Å². The van der Waals surface area contributed by atoms with Gasteiger partial charge in [0.15, 0.2) is 0 Å². The van der Waals surface area contributed by atoms with Crippen molar-refractivity contribution >= 4 is 11.9 Å². The van der Waals surface area contributed by atoms with Crippen LogP contribution in [0.15, 0.2) is 36.4 Å². The third kappa shape index (κ3) is 6.73. The Morgan fingerprint density at radius 3 is 2.34 bits per heavy atom. The van der Waals surface area contributed by atoms with Crippen molar-refractivity contribution in [1.82, 2.24) is 10.8 Å². The van der Waals surface area contributed by atoms with Gasteiger partial charge in [0.2, 0.25) is 0 Å². The van der Waals surface area contributed by atoms with Crippen LogP contribution in [-0.4, -0.2) is 45.5 Å². The fourth-order valence-corrected chi connectivity index (χ4v) is 2.52. The number of amides is 1. The first kappa shape index (κ1) is 22.1. The zero-order valence-electron chi connectivity index (χ0n) is 15.4. The van der Waals surface area contributed by atoms with E-state index in [1.807, 2.05) is 0 Å². The molecule has 0 bridgehead atoms. The number of benzene rings is 2. The molecule has 0 radical (unpaired) electrons. The van der Waals surface area contributed by atoms with Gasteiger partial charge >= 0.3 is 5.97 Å². The van der Waals surface area contributed by atoms with Crippen molar-refractivity contribution in [1.29, 1.82) is 0 Å². The standard InChI is InChI=1S/C19H22N2O8/c22-14-3-2-12(11-29-27)13(8-14)10-28-21-7-1-6-20-18(24)17-9-15(23)4-5-16(17)19(25)26/h2-5,8-9,21-23,27H,1,6-7,10-11H2,(H,20,24)(H,25,26). The van der Waals surface area contributed by atoms with Crippen molar-refractivity contribution in [2.45, 2.75) is 19.6 Å². The summed E-state index contributed by atoms with van der Waals surface area (Å²) in [6.45, 7) is 0.708. The van der Waals surface area contributed by atoms with Gasteiger partial charge in [-0.1, -0.05) is 6.07 Å². The molecule has 2 aromatic rings. The number of hydrogen-bond acceptors (Lipinski definition) is 8. The Kier molecular flexibility index (Phi) is 8.37. The number of phenolic OH excluding ortho intramolecular Hbond substituents is 2. The van der Waals surface area contributed by atoms with Gasteiger partial charge in [-0.25, -0.2) is 15.2 Å². The molecule has 0 aliphatic carbocycles. The lowest BCUT2D eigenvalue weighted by Crippen LogP contribution is -2.28. The number of carboxylic acid groups (broad SMARTS) is 1. The van der Waals surface area contributed by atoms with Crippen LogP contribution in [-0.2, 0) is 22.9 Å². The van der Waals surface area contributed by atoms with Crippen LogP contribution in [0.4, 0.5) is 0 Å². The van der Waals surface area contributed by atoms with Crippen LogP contribution in [0.1, 0.15) is 38.3 Å². The molecule has 0 aliphatic rings. The van der Waals surface area contributed by atoms with Gasteiger partial charge in [0.05, 0.1) is 17.7 Å². The SMILES string of the molecule is O=C(O)c1ccc(O)cc1C(=O)NCCCNOCc1cc(O)ccc1COO. The number of carboxylic acids is 1. The van der Waals surface area contributed by atoms with Crippen molar-refractivity contribution in [2.24, 2.45) is 0 Å². The molecule has 156 valence electrons. The number of hydrogen-bond donors (Lipinski definition) is 6. The number of aromatic hydroxyl groups is 2. The van der Waals surface area contributed by atoms with Crippen molar-refractivity contribution in [3.05, 3.63) is 58.7 Å². The van der Waals surface area contributed by atoms with E-state index in [9.17, 15) is 19.8 Å². The van der Waals surface area contributed by atoms with Gasteiger partial charge in [-0.2, -0.15) is 0 Å². The molecular formula is C19H22N2O8. The monoisotopic (exact) mass is 406 g/mol. The van der Waals surface area contributed by atoms with Crippen LogP contribution in [0, 0.1) is 0 Å². The summed E-state index contributed by atoms with van der Waals surface area (Å²) in [6.07, 6.45) is 0.486. The number of rotatable bonds is 11. The maximum Gasteiger partial charge on any atom is 0.336 e. The minimum Gasteiger partial charge on any atom is -0.508 e. The van der Waals surface area contributed by atoms with E-state index < -0.39 is 11.9 Å². The van der Waals surface area contributed by atoms with E-state index in [1.165, 1.54) is 24.3 Å². The van der Waals surface area contributed by atoms with E-state index in [0.717, 1.165) is 6.07 Å². The Bertz CT molecular complexity index is 856. The molecule has 0 saturated heterocycles. The molecular weight excluding hydrogens is 384 g/mol. The third-order valence-electron chi connectivity index (χ3n) is 3.96. The Labute approximate surface area is 166 Å². The van der Waals surface area contributed by atoms with Crippen LogP contribution in [0.5, 0.6) is 11.5 Å². The predicted octanol–water partition coefficient (Wildman–Crippen LogP) is 1.63. The predicted molar refractivity (Wildman–Crippen MR) is 100 cm³/mol. The number of phenols is 2. The quantitative estimate of drug-likeness (QED) is 0.185. The van der Waals surface area contributed by atoms with Gasteiger partial charge in [0, 0.05) is 13.1 Å². The molecule has 0 fully saturated rings. The van der Waals surface area contributed by atoms with Gasteiger partial charge in [-0.05, 0) is 47.9 Å². The molecule has 2 aromatic carbocycles. The van der Waals surface area contributed by atoms with E-state index >= 15 is 0 Å². The molecule has 0 aliphatic heterocycles. The molecule has 0 atom stereocenters. The summed E-state index contributed by atoms with van der Waals surface area (Å²) in [5, 5.41) is 39.2. The summed E-state index contributed by atoms with van der Waals surface area (Å²) in [5.41, 5.74) is 3.67. The number of carbonyl (C=O) groups is 2. The van der Waals surface area contributed by atoms with Crippen LogP contribution >= 0.6 is 0 Å². The normalized spacial score (nSPS) is 10.7. The van der Waals surface area contributed by atoms with E-state index in [0.29, 0.717) is 24.1 Å². The molecule has 29 heavy (non-hydrogen) atoms. The lowest BCUT2D eigenvalue weighted by molar-refractivity contribution is -0.253. The number of aromatic carboxylic acids is 1. The molecule has 0 spiro atoms. The van der Waals surface area contributed by atoms with E-state index in [1.54, 1.807) is 6.07 Å². The maximum atomic E-state index is 12.1. The summed E-state index contributed by atoms with van der Waals surface area (Å²) in [7, 11) is 0. The summed E-state index contributed by atoms with van der Waals surface area (Å²) in [6, 6.07) is 8.03. The second kappa shape index (κ2) is 11.0. The smallest absolute Gasteiger partial charge is 0.336 e. The highest BCUT2D eigenvalue weighted by Gasteiger charge is 2.16. The van der Waals surface area contributed by atoms with Crippen molar-refractivity contribution in [3.63, 3.8) is 0 Å². The highest BCUT2D eigenvalue weighted by molar-refractivity contribution is 6.05. The molecule has 2 rings (SSSR count). The summed E-state index contributed by atoms with van der Waals surface area (Å²) >= 11 is 0. The molecule has 0 heterocycles. The van der Waals surface area contributed by atoms with Crippen LogP contribution in [0.2, 0.25) is 0 Å². The minimum absolute atomic E-state index is 0.0433. The van der Waals surface area contributed by atoms with Crippen LogP contribution in [0.3, 0.4) is 0 Å². The van der Waals surface area contributed by atoms with Gasteiger partial charge in [-0.15, -0.1) is 0 Å². The number of nitrogens with one attached hydrogen (secondary N) is 2. The molecule has 0 aromatic heterocycles. The number of hydroxylamine groups is 1. The third-order valence-corrected chi connectivity index (χ3v) is 3.96. The molecule has 0 unspecified atom stereocenters. The Morgan fingerprint density at radius 2 is 1.62 bits per heavy atom. The Balaban J connectivity index is 1.73. The van der Waals surface area contributed by atoms with Crippen molar-refractivity contribution in [3.8, 4) is 11.5 Å². The molecule has 6 N–H and O–H groups in total. The lowest BCUT2D eigenvalue weighted by atomic mass is 10.1. The highest BCUT2D eigenvalue weighted by Crippen LogP contribution is 2.18. The fraction of sp³-hybridized carbons (Fsp3) is 0.263. The zero-order valence-corrected chi connectivity index (χ0v) is 15.4.